The minimum Gasteiger partial charge on any atom is -0.276 e. The molecule has 0 amide bonds. The van der Waals surface area contributed by atoms with Crippen LogP contribution in [-0.4, -0.2) is 10.5 Å². The quantitative estimate of drug-likeness (QED) is 0.768. The van der Waals surface area contributed by atoms with Crippen molar-refractivity contribution in [3.63, 3.8) is 0 Å². The highest BCUT2D eigenvalue weighted by Crippen LogP contribution is 2.27. The van der Waals surface area contributed by atoms with Crippen molar-refractivity contribution in [2.24, 2.45) is 0 Å². The van der Waals surface area contributed by atoms with Gasteiger partial charge in [0.15, 0.2) is 0 Å². The van der Waals surface area contributed by atoms with Crippen molar-refractivity contribution in [1.82, 2.24) is 0 Å². The van der Waals surface area contributed by atoms with Crippen LogP contribution in [0.4, 0.5) is 0 Å². The van der Waals surface area contributed by atoms with Gasteiger partial charge in [-0.3, -0.25) is 9.59 Å². The normalized spacial score (nSPS) is 10.0. The summed E-state index contributed by atoms with van der Waals surface area (Å²) in [4.78, 5) is 21.8. The highest BCUT2D eigenvalue weighted by molar-refractivity contribution is 6.72. The lowest BCUT2D eigenvalue weighted by molar-refractivity contribution is 0.105. The van der Waals surface area contributed by atoms with Gasteiger partial charge in [0.05, 0.1) is 10.6 Å². The van der Waals surface area contributed by atoms with Gasteiger partial charge in [0, 0.05) is 10.6 Å². The summed E-state index contributed by atoms with van der Waals surface area (Å²) in [6.07, 6.45) is 0. The van der Waals surface area contributed by atoms with Crippen LogP contribution in [0.25, 0.3) is 0 Å². The molecular formula is C8H2Cl4O2. The lowest BCUT2D eigenvalue weighted by Gasteiger charge is -2.04. The SMILES string of the molecule is O=C(Cl)c1cc(Cl)cc(Cl)c1C(=O)Cl. The number of carbonyl (C=O) groups excluding carboxylic acids is 2. The molecule has 0 aliphatic rings. The molecule has 0 unspecified atom stereocenters. The van der Waals surface area contributed by atoms with E-state index in [0.717, 1.165) is 0 Å². The van der Waals surface area contributed by atoms with Crippen molar-refractivity contribution in [3.05, 3.63) is 33.3 Å². The molecule has 0 bridgehead atoms. The van der Waals surface area contributed by atoms with Crippen LogP contribution in [0.1, 0.15) is 20.7 Å². The van der Waals surface area contributed by atoms with Crippen LogP contribution in [0, 0.1) is 0 Å². The van der Waals surface area contributed by atoms with E-state index in [1.807, 2.05) is 0 Å². The summed E-state index contributed by atoms with van der Waals surface area (Å²) in [6.45, 7) is 0. The lowest BCUT2D eigenvalue weighted by Crippen LogP contribution is -2.01. The molecule has 0 atom stereocenters. The first kappa shape index (κ1) is 11.8. The number of hydrogen-bond donors (Lipinski definition) is 0. The van der Waals surface area contributed by atoms with Crippen LogP contribution in [0.5, 0.6) is 0 Å². The minimum atomic E-state index is -0.851. The molecule has 14 heavy (non-hydrogen) atoms. The number of hydrogen-bond acceptors (Lipinski definition) is 2. The summed E-state index contributed by atoms with van der Waals surface area (Å²) >= 11 is 21.8. The van der Waals surface area contributed by atoms with Crippen LogP contribution in [-0.2, 0) is 0 Å². The molecule has 0 heterocycles. The van der Waals surface area contributed by atoms with E-state index >= 15 is 0 Å². The largest absolute Gasteiger partial charge is 0.276 e. The Morgan fingerprint density at radius 1 is 1.00 bits per heavy atom. The first-order valence-electron chi connectivity index (χ1n) is 3.32. The van der Waals surface area contributed by atoms with Gasteiger partial charge < -0.3 is 0 Å². The molecule has 0 aliphatic heterocycles. The molecule has 74 valence electrons. The highest BCUT2D eigenvalue weighted by atomic mass is 35.5. The van der Waals surface area contributed by atoms with Gasteiger partial charge in [-0.05, 0) is 35.3 Å². The Labute approximate surface area is 99.7 Å². The van der Waals surface area contributed by atoms with E-state index < -0.39 is 10.5 Å². The predicted octanol–water partition coefficient (Wildman–Crippen LogP) is 3.75. The van der Waals surface area contributed by atoms with Crippen LogP contribution < -0.4 is 0 Å². The molecule has 0 radical (unpaired) electrons. The van der Waals surface area contributed by atoms with Crippen molar-refractivity contribution in [3.8, 4) is 0 Å². The average Bonchev–Trinajstić information content (AvgIpc) is 2.01. The Hall–Kier alpha value is -0.280. The Morgan fingerprint density at radius 2 is 1.57 bits per heavy atom. The van der Waals surface area contributed by atoms with E-state index in [-0.39, 0.29) is 21.2 Å². The molecule has 0 N–H and O–H groups in total. The summed E-state index contributed by atoms with van der Waals surface area (Å²) in [7, 11) is 0. The van der Waals surface area contributed by atoms with E-state index in [2.05, 4.69) is 0 Å². The number of rotatable bonds is 2. The average molecular weight is 272 g/mol. The summed E-state index contributed by atoms with van der Waals surface area (Å²) in [6, 6.07) is 2.54. The summed E-state index contributed by atoms with van der Waals surface area (Å²) < 4.78 is 0. The second kappa shape index (κ2) is 4.49. The van der Waals surface area contributed by atoms with Crippen LogP contribution >= 0.6 is 46.4 Å². The number of benzene rings is 1. The zero-order chi connectivity index (χ0) is 10.9. The maximum Gasteiger partial charge on any atom is 0.254 e. The van der Waals surface area contributed by atoms with Gasteiger partial charge in [-0.1, -0.05) is 23.2 Å². The Kier molecular flexibility index (Phi) is 3.78. The highest BCUT2D eigenvalue weighted by Gasteiger charge is 2.18. The maximum absolute atomic E-state index is 10.9. The molecule has 0 aliphatic carbocycles. The standard InChI is InChI=1S/C8H2Cl4O2/c9-3-1-4(7(11)13)6(8(12)14)5(10)2-3/h1-2H. The summed E-state index contributed by atoms with van der Waals surface area (Å²) in [5.74, 6) is 0. The Balaban J connectivity index is 3.52. The van der Waals surface area contributed by atoms with Crippen molar-refractivity contribution in [1.29, 1.82) is 0 Å². The summed E-state index contributed by atoms with van der Waals surface area (Å²) in [5.41, 5.74) is -0.220. The molecule has 1 aromatic rings. The zero-order valence-electron chi connectivity index (χ0n) is 6.48. The molecule has 0 saturated heterocycles. The minimum absolute atomic E-state index is 0.00139. The van der Waals surface area contributed by atoms with Crippen LogP contribution in [0.2, 0.25) is 10.0 Å². The van der Waals surface area contributed by atoms with Gasteiger partial charge in [-0.15, -0.1) is 0 Å². The van der Waals surface area contributed by atoms with Gasteiger partial charge >= 0.3 is 0 Å². The molecular weight excluding hydrogens is 270 g/mol. The van der Waals surface area contributed by atoms with Gasteiger partial charge in [0.1, 0.15) is 0 Å². The Bertz CT molecular complexity index is 414. The topological polar surface area (TPSA) is 34.1 Å². The predicted molar refractivity (Wildman–Crippen MR) is 56.8 cm³/mol. The molecule has 1 rings (SSSR count). The van der Waals surface area contributed by atoms with E-state index in [9.17, 15) is 9.59 Å². The smallest absolute Gasteiger partial charge is 0.254 e. The fourth-order valence-corrected chi connectivity index (χ4v) is 1.91. The van der Waals surface area contributed by atoms with Gasteiger partial charge in [0.25, 0.3) is 10.5 Å². The summed E-state index contributed by atoms with van der Waals surface area (Å²) in [5, 5.41) is -1.48. The van der Waals surface area contributed by atoms with Crippen molar-refractivity contribution in [2.45, 2.75) is 0 Å². The van der Waals surface area contributed by atoms with E-state index in [1.165, 1.54) is 12.1 Å². The lowest BCUT2D eigenvalue weighted by atomic mass is 10.1. The molecule has 0 spiro atoms. The number of halogens is 4. The van der Waals surface area contributed by atoms with Crippen LogP contribution in [0.15, 0.2) is 12.1 Å². The fraction of sp³-hybridized carbons (Fsp3) is 0. The second-order valence-corrected chi connectivity index (χ2v) is 3.89. The molecule has 6 heteroatoms. The van der Waals surface area contributed by atoms with Crippen molar-refractivity contribution in [2.75, 3.05) is 0 Å². The number of carbonyl (C=O) groups is 2. The van der Waals surface area contributed by atoms with Gasteiger partial charge in [-0.25, -0.2) is 0 Å². The van der Waals surface area contributed by atoms with E-state index in [4.69, 9.17) is 46.4 Å². The monoisotopic (exact) mass is 270 g/mol. The maximum atomic E-state index is 10.9. The van der Waals surface area contributed by atoms with E-state index in [1.54, 1.807) is 0 Å². The third-order valence-corrected chi connectivity index (χ3v) is 2.37. The molecule has 0 aromatic heterocycles. The van der Waals surface area contributed by atoms with Crippen molar-refractivity contribution < 1.29 is 9.59 Å². The van der Waals surface area contributed by atoms with Crippen molar-refractivity contribution >= 4 is 56.9 Å². The molecule has 0 fully saturated rings. The molecule has 2 nitrogen and oxygen atoms in total. The zero-order valence-corrected chi connectivity index (χ0v) is 9.51. The van der Waals surface area contributed by atoms with Gasteiger partial charge in [-0.2, -0.15) is 0 Å². The van der Waals surface area contributed by atoms with E-state index in [0.29, 0.717) is 0 Å². The van der Waals surface area contributed by atoms with Crippen LogP contribution in [0.3, 0.4) is 0 Å². The second-order valence-electron chi connectivity index (χ2n) is 2.36. The Morgan fingerprint density at radius 3 is 2.00 bits per heavy atom. The molecule has 0 saturated carbocycles. The third kappa shape index (κ3) is 2.39. The first-order valence-corrected chi connectivity index (χ1v) is 4.83. The molecule has 1 aromatic carbocycles. The third-order valence-electron chi connectivity index (χ3n) is 1.46. The fourth-order valence-electron chi connectivity index (χ4n) is 0.928. The first-order chi connectivity index (χ1) is 6.43. The van der Waals surface area contributed by atoms with Gasteiger partial charge in [0.2, 0.25) is 0 Å².